The van der Waals surface area contributed by atoms with Gasteiger partial charge < -0.3 is 15.0 Å². The molecular formula is C12H19Cl2N3O. The Morgan fingerprint density at radius 3 is 2.67 bits per heavy atom. The number of hydrogen-bond acceptors (Lipinski definition) is 4. The Morgan fingerprint density at radius 1 is 1.33 bits per heavy atom. The molecule has 0 aliphatic rings. The lowest BCUT2D eigenvalue weighted by Gasteiger charge is -2.20. The summed E-state index contributed by atoms with van der Waals surface area (Å²) in [5, 5.41) is 4.18. The quantitative estimate of drug-likeness (QED) is 0.782. The van der Waals surface area contributed by atoms with Crippen LogP contribution < -0.4 is 10.2 Å². The molecule has 6 heteroatoms. The highest BCUT2D eigenvalue weighted by Crippen LogP contribution is 2.30. The number of halogens is 2. The van der Waals surface area contributed by atoms with Gasteiger partial charge in [-0.05, 0) is 19.9 Å². The van der Waals surface area contributed by atoms with E-state index in [2.05, 4.69) is 10.3 Å². The lowest BCUT2D eigenvalue weighted by Crippen LogP contribution is -2.24. The van der Waals surface area contributed by atoms with Crippen LogP contribution in [0.15, 0.2) is 6.07 Å². The first-order valence-electron chi connectivity index (χ1n) is 5.98. The van der Waals surface area contributed by atoms with Gasteiger partial charge in [0.2, 0.25) is 0 Å². The van der Waals surface area contributed by atoms with Crippen molar-refractivity contribution in [3.05, 3.63) is 16.1 Å². The number of rotatable bonds is 7. The van der Waals surface area contributed by atoms with E-state index in [1.165, 1.54) is 0 Å². The summed E-state index contributed by atoms with van der Waals surface area (Å²) in [4.78, 5) is 6.39. The van der Waals surface area contributed by atoms with Gasteiger partial charge in [0.25, 0.3) is 0 Å². The summed E-state index contributed by atoms with van der Waals surface area (Å²) in [6, 6.07) is 1.71. The number of nitrogens with zero attached hydrogens (tertiary/aromatic N) is 2. The van der Waals surface area contributed by atoms with Crippen LogP contribution in [0, 0.1) is 0 Å². The van der Waals surface area contributed by atoms with Crippen molar-refractivity contribution < 1.29 is 4.74 Å². The first-order chi connectivity index (χ1) is 8.60. The second kappa shape index (κ2) is 7.67. The Balaban J connectivity index is 2.83. The smallest absolute Gasteiger partial charge is 0.149 e. The average Bonchev–Trinajstić information content (AvgIpc) is 2.33. The van der Waals surface area contributed by atoms with Crippen molar-refractivity contribution in [2.45, 2.75) is 13.8 Å². The molecule has 0 saturated heterocycles. The van der Waals surface area contributed by atoms with Gasteiger partial charge >= 0.3 is 0 Å². The van der Waals surface area contributed by atoms with E-state index < -0.39 is 0 Å². The number of pyridine rings is 1. The number of nitrogens with one attached hydrogen (secondary N) is 1. The number of hydrogen-bond donors (Lipinski definition) is 1. The van der Waals surface area contributed by atoms with Crippen LogP contribution in [0.4, 0.5) is 11.6 Å². The molecule has 0 radical (unpaired) electrons. The monoisotopic (exact) mass is 291 g/mol. The molecule has 4 nitrogen and oxygen atoms in total. The van der Waals surface area contributed by atoms with Crippen molar-refractivity contribution in [2.75, 3.05) is 43.6 Å². The fourth-order valence-corrected chi connectivity index (χ4v) is 2.04. The molecule has 0 atom stereocenters. The van der Waals surface area contributed by atoms with Gasteiger partial charge in [0.1, 0.15) is 11.6 Å². The predicted octanol–water partition coefficient (Wildman–Crippen LogP) is 3.29. The van der Waals surface area contributed by atoms with Gasteiger partial charge in [0, 0.05) is 26.7 Å². The molecule has 0 amide bonds. The molecule has 18 heavy (non-hydrogen) atoms. The Bertz CT molecular complexity index is 388. The molecule has 102 valence electrons. The Labute approximate surface area is 118 Å². The zero-order valence-corrected chi connectivity index (χ0v) is 12.5. The van der Waals surface area contributed by atoms with E-state index in [1.807, 2.05) is 25.8 Å². The molecule has 1 heterocycles. The lowest BCUT2D eigenvalue weighted by atomic mass is 10.4. The summed E-state index contributed by atoms with van der Waals surface area (Å²) in [5.41, 5.74) is 0. The molecule has 0 aromatic carbocycles. The van der Waals surface area contributed by atoms with E-state index >= 15 is 0 Å². The van der Waals surface area contributed by atoms with E-state index in [4.69, 9.17) is 27.9 Å². The average molecular weight is 292 g/mol. The first-order valence-corrected chi connectivity index (χ1v) is 6.74. The lowest BCUT2D eigenvalue weighted by molar-refractivity contribution is 0.154. The summed E-state index contributed by atoms with van der Waals surface area (Å²) in [5.74, 6) is 1.36. The van der Waals surface area contributed by atoms with E-state index in [9.17, 15) is 0 Å². The van der Waals surface area contributed by atoms with Crippen LogP contribution in [0.25, 0.3) is 0 Å². The van der Waals surface area contributed by atoms with Gasteiger partial charge in [-0.1, -0.05) is 23.2 Å². The first kappa shape index (κ1) is 15.3. The van der Waals surface area contributed by atoms with E-state index in [0.717, 1.165) is 13.1 Å². The number of ether oxygens (including phenoxy) is 1. The Hall–Kier alpha value is -0.710. The number of likely N-dealkylation sites (N-methyl/N-ethyl adjacent to an activating group) is 1. The van der Waals surface area contributed by atoms with E-state index in [-0.39, 0.29) is 0 Å². The summed E-state index contributed by atoms with van der Waals surface area (Å²) >= 11 is 12.2. The Morgan fingerprint density at radius 2 is 2.06 bits per heavy atom. The van der Waals surface area contributed by atoms with Crippen LogP contribution in [0.5, 0.6) is 0 Å². The fraction of sp³-hybridized carbons (Fsp3) is 0.583. The highest BCUT2D eigenvalue weighted by molar-refractivity contribution is 6.37. The topological polar surface area (TPSA) is 37.4 Å². The number of aromatic nitrogens is 1. The van der Waals surface area contributed by atoms with Gasteiger partial charge in [0.05, 0.1) is 16.7 Å². The third kappa shape index (κ3) is 4.19. The van der Waals surface area contributed by atoms with Crippen molar-refractivity contribution in [1.82, 2.24) is 4.98 Å². The van der Waals surface area contributed by atoms with Crippen molar-refractivity contribution in [1.29, 1.82) is 0 Å². The summed E-state index contributed by atoms with van der Waals surface area (Å²) < 4.78 is 5.31. The molecule has 0 saturated carbocycles. The maximum absolute atomic E-state index is 6.15. The van der Waals surface area contributed by atoms with Gasteiger partial charge in [-0.2, -0.15) is 0 Å². The van der Waals surface area contributed by atoms with E-state index in [0.29, 0.717) is 34.9 Å². The van der Waals surface area contributed by atoms with Crippen LogP contribution in [-0.2, 0) is 4.74 Å². The second-order valence-electron chi connectivity index (χ2n) is 3.77. The van der Waals surface area contributed by atoms with Gasteiger partial charge in [0.15, 0.2) is 0 Å². The molecule has 0 aliphatic heterocycles. The van der Waals surface area contributed by atoms with Gasteiger partial charge in [-0.15, -0.1) is 0 Å². The highest BCUT2D eigenvalue weighted by atomic mass is 35.5. The minimum Gasteiger partial charge on any atom is -0.380 e. The van der Waals surface area contributed by atoms with Crippen LogP contribution in [0.1, 0.15) is 13.8 Å². The molecule has 0 bridgehead atoms. The van der Waals surface area contributed by atoms with Crippen LogP contribution in [0.2, 0.25) is 10.0 Å². The maximum atomic E-state index is 6.15. The van der Waals surface area contributed by atoms with Gasteiger partial charge in [-0.3, -0.25) is 0 Å². The number of anilines is 2. The Kier molecular flexibility index (Phi) is 6.54. The fourth-order valence-electron chi connectivity index (χ4n) is 1.47. The zero-order valence-electron chi connectivity index (χ0n) is 11.0. The van der Waals surface area contributed by atoms with Crippen LogP contribution in [0.3, 0.4) is 0 Å². The minimum atomic E-state index is 0.531. The molecule has 1 aromatic rings. The van der Waals surface area contributed by atoms with Crippen molar-refractivity contribution in [3.63, 3.8) is 0 Å². The van der Waals surface area contributed by atoms with Crippen LogP contribution in [-0.4, -0.2) is 38.3 Å². The molecular weight excluding hydrogens is 273 g/mol. The van der Waals surface area contributed by atoms with Crippen molar-refractivity contribution in [2.24, 2.45) is 0 Å². The van der Waals surface area contributed by atoms with Crippen LogP contribution >= 0.6 is 23.2 Å². The highest BCUT2D eigenvalue weighted by Gasteiger charge is 2.12. The van der Waals surface area contributed by atoms with Crippen molar-refractivity contribution >= 4 is 34.8 Å². The molecule has 0 aliphatic carbocycles. The molecule has 1 aromatic heterocycles. The van der Waals surface area contributed by atoms with E-state index in [1.54, 1.807) is 6.07 Å². The molecule has 0 spiro atoms. The van der Waals surface area contributed by atoms with Gasteiger partial charge in [-0.25, -0.2) is 4.98 Å². The molecule has 1 N–H and O–H groups in total. The summed E-state index contributed by atoms with van der Waals surface area (Å²) in [6.45, 7) is 6.80. The third-order valence-corrected chi connectivity index (χ3v) is 2.96. The maximum Gasteiger partial charge on any atom is 0.149 e. The zero-order chi connectivity index (χ0) is 13.5. The second-order valence-corrected chi connectivity index (χ2v) is 4.59. The summed E-state index contributed by atoms with van der Waals surface area (Å²) in [7, 11) is 1.93. The SMILES string of the molecule is CCNc1nc(N(C)CCOCC)c(Cl)cc1Cl. The van der Waals surface area contributed by atoms with Crippen molar-refractivity contribution in [3.8, 4) is 0 Å². The predicted molar refractivity (Wildman–Crippen MR) is 78.2 cm³/mol. The normalized spacial score (nSPS) is 10.5. The molecule has 0 fully saturated rings. The standard InChI is InChI=1S/C12H19Cl2N3O/c1-4-15-11-9(13)8-10(14)12(16-11)17(3)6-7-18-5-2/h8H,4-7H2,1-3H3,(H,15,16). The molecule has 0 unspecified atom stereocenters. The third-order valence-electron chi connectivity index (χ3n) is 2.39. The molecule has 1 rings (SSSR count). The minimum absolute atomic E-state index is 0.531. The largest absolute Gasteiger partial charge is 0.380 e. The summed E-state index contributed by atoms with van der Waals surface area (Å²) in [6.07, 6.45) is 0.